The van der Waals surface area contributed by atoms with Crippen molar-refractivity contribution in [2.75, 3.05) is 33.5 Å². The molecule has 7 atom stereocenters. The average molecular weight is 621 g/mol. The summed E-state index contributed by atoms with van der Waals surface area (Å²) >= 11 is 0. The normalized spacial score (nSPS) is 34.5. The Bertz CT molecular complexity index is 1700. The zero-order valence-electron chi connectivity index (χ0n) is 26.8. The van der Waals surface area contributed by atoms with Gasteiger partial charge in [-0.25, -0.2) is 9.78 Å². The molecule has 3 saturated heterocycles. The number of nitrogens with zero attached hydrogens (tertiary/aromatic N) is 6. The van der Waals surface area contributed by atoms with Gasteiger partial charge >= 0.3 is 5.69 Å². The average Bonchev–Trinajstić information content (AvgIpc) is 3.71. The van der Waals surface area contributed by atoms with E-state index in [4.69, 9.17) is 38.6 Å². The second kappa shape index (κ2) is 10.1. The zero-order chi connectivity index (χ0) is 30.7. The van der Waals surface area contributed by atoms with Crippen LogP contribution in [-0.2, 0) is 33.1 Å². The van der Waals surface area contributed by atoms with Gasteiger partial charge in [0.25, 0.3) is 0 Å². The Labute approximate surface area is 262 Å². The van der Waals surface area contributed by atoms with Crippen LogP contribution in [0.25, 0.3) is 22.7 Å². The van der Waals surface area contributed by atoms with Crippen LogP contribution in [0.3, 0.4) is 0 Å². The molecule has 3 aliphatic carbocycles. The number of aromatic nitrogens is 5. The van der Waals surface area contributed by atoms with Crippen LogP contribution in [0.5, 0.6) is 5.88 Å². The molecule has 6 aliphatic rings. The summed E-state index contributed by atoms with van der Waals surface area (Å²) in [5.74, 6) is 2.18. The van der Waals surface area contributed by atoms with Gasteiger partial charge in [0, 0.05) is 37.7 Å². The second-order valence-electron chi connectivity index (χ2n) is 14.5. The Morgan fingerprint density at radius 1 is 1.04 bits per heavy atom. The number of rotatable bonds is 5. The number of ether oxygens (including phenoxy) is 4. The first kappa shape index (κ1) is 28.4. The Hall–Kier alpha value is -2.80. The predicted molar refractivity (Wildman–Crippen MR) is 163 cm³/mol. The fraction of sp³-hybridized carbons (Fsp3) is 0.758. The van der Waals surface area contributed by atoms with Crippen molar-refractivity contribution in [3.05, 3.63) is 21.7 Å². The molecule has 3 aromatic rings. The van der Waals surface area contributed by atoms with Crippen LogP contribution in [0.15, 0.2) is 9.32 Å². The highest BCUT2D eigenvalue weighted by Gasteiger charge is 2.61. The van der Waals surface area contributed by atoms with E-state index in [1.54, 1.807) is 16.2 Å². The van der Waals surface area contributed by atoms with Gasteiger partial charge in [0.1, 0.15) is 6.10 Å². The van der Waals surface area contributed by atoms with Crippen LogP contribution in [0.1, 0.15) is 82.5 Å². The predicted octanol–water partition coefficient (Wildman–Crippen LogP) is 3.74. The van der Waals surface area contributed by atoms with E-state index in [1.165, 1.54) is 0 Å². The molecule has 6 heterocycles. The van der Waals surface area contributed by atoms with Gasteiger partial charge in [-0.05, 0) is 70.8 Å². The number of piperidine rings is 1. The molecular weight excluding hydrogens is 576 g/mol. The first-order valence-electron chi connectivity index (χ1n) is 17.1. The van der Waals surface area contributed by atoms with E-state index >= 15 is 0 Å². The van der Waals surface area contributed by atoms with Gasteiger partial charge in [-0.3, -0.25) is 14.0 Å². The molecule has 45 heavy (non-hydrogen) atoms. The van der Waals surface area contributed by atoms with Gasteiger partial charge in [-0.15, -0.1) is 0 Å². The summed E-state index contributed by atoms with van der Waals surface area (Å²) in [6, 6.07) is 0.798. The first-order chi connectivity index (χ1) is 21.8. The van der Waals surface area contributed by atoms with Crippen LogP contribution in [0.4, 0.5) is 0 Å². The number of imidazole rings is 1. The van der Waals surface area contributed by atoms with Crippen molar-refractivity contribution in [1.29, 1.82) is 0 Å². The lowest BCUT2D eigenvalue weighted by atomic mass is 9.61. The van der Waals surface area contributed by atoms with E-state index in [2.05, 4.69) is 25.8 Å². The number of fused-ring (bicyclic) bond motifs is 5. The molecule has 0 bridgehead atoms. The number of aryl methyl sites for hydroxylation is 1. The third-order valence-corrected chi connectivity index (χ3v) is 12.3. The van der Waals surface area contributed by atoms with Crippen LogP contribution < -0.4 is 10.4 Å². The number of hydrogen-bond acceptors (Lipinski definition) is 10. The van der Waals surface area contributed by atoms with Gasteiger partial charge in [0.2, 0.25) is 17.5 Å². The molecule has 2 spiro atoms. The molecule has 3 aliphatic heterocycles. The Kier molecular flexibility index (Phi) is 6.38. The van der Waals surface area contributed by atoms with Gasteiger partial charge in [0.05, 0.1) is 37.0 Å². The standard InChI is InChI=1S/C33H44N6O6/c1-18-22-16-23(37(3)24(18)22)19(2)44-30-25-29(39(31(40)38(25)4)20-9-13-41-17-20)34-28(35-30)26-21-8-7-11-32(27(21)36-45-26)10-5-6-12-33(32)42-14-15-43-33/h18-20,22-24H,5-17H2,1-4H3/t18-,19-,20+,22+,23-,24-,32-/m0/s1. The zero-order valence-corrected chi connectivity index (χ0v) is 26.8. The van der Waals surface area contributed by atoms with Crippen molar-refractivity contribution >= 4 is 11.2 Å². The third kappa shape index (κ3) is 3.91. The van der Waals surface area contributed by atoms with Gasteiger partial charge in [-0.2, -0.15) is 4.98 Å². The third-order valence-electron chi connectivity index (χ3n) is 12.3. The van der Waals surface area contributed by atoms with Crippen molar-refractivity contribution in [1.82, 2.24) is 29.2 Å². The van der Waals surface area contributed by atoms with E-state index in [0.29, 0.717) is 61.1 Å². The van der Waals surface area contributed by atoms with Crippen LogP contribution >= 0.6 is 0 Å². The summed E-state index contributed by atoms with van der Waals surface area (Å²) in [5.41, 5.74) is 2.62. The summed E-state index contributed by atoms with van der Waals surface area (Å²) in [5, 5.41) is 4.76. The topological polar surface area (TPSA) is 119 Å². The summed E-state index contributed by atoms with van der Waals surface area (Å²) in [7, 11) is 3.98. The molecule has 242 valence electrons. The van der Waals surface area contributed by atoms with Crippen LogP contribution in [0.2, 0.25) is 0 Å². The minimum atomic E-state index is -0.656. The minimum absolute atomic E-state index is 0.102. The van der Waals surface area contributed by atoms with Crippen LogP contribution in [-0.4, -0.2) is 86.6 Å². The van der Waals surface area contributed by atoms with Crippen LogP contribution in [0, 0.1) is 11.8 Å². The summed E-state index contributed by atoms with van der Waals surface area (Å²) in [6.07, 6.45) is 8.46. The molecule has 9 rings (SSSR count). The van der Waals surface area contributed by atoms with E-state index in [-0.39, 0.29) is 29.3 Å². The highest BCUT2D eigenvalue weighted by molar-refractivity contribution is 5.80. The number of likely N-dealkylation sites (tertiary alicyclic amines) is 1. The lowest BCUT2D eigenvalue weighted by Gasteiger charge is -2.50. The molecule has 3 aromatic heterocycles. The van der Waals surface area contributed by atoms with Crippen molar-refractivity contribution in [2.45, 2.75) is 107 Å². The quantitative estimate of drug-likeness (QED) is 0.417. The Morgan fingerprint density at radius 3 is 2.60 bits per heavy atom. The Morgan fingerprint density at radius 2 is 1.84 bits per heavy atom. The molecule has 0 amide bonds. The van der Waals surface area contributed by atoms with Crippen molar-refractivity contribution in [2.24, 2.45) is 18.9 Å². The lowest BCUT2D eigenvalue weighted by Crippen LogP contribution is -2.56. The summed E-state index contributed by atoms with van der Waals surface area (Å²) in [4.78, 5) is 26.3. The van der Waals surface area contributed by atoms with E-state index in [9.17, 15) is 4.79 Å². The largest absolute Gasteiger partial charge is 0.471 e. The fourth-order valence-corrected chi connectivity index (χ4v) is 9.95. The lowest BCUT2D eigenvalue weighted by molar-refractivity contribution is -0.231. The van der Waals surface area contributed by atoms with Gasteiger partial charge in [0.15, 0.2) is 17.0 Å². The molecular formula is C33H44N6O6. The molecule has 0 unspecified atom stereocenters. The molecule has 0 aromatic carbocycles. The van der Waals surface area contributed by atoms with Crippen molar-refractivity contribution in [3.8, 4) is 17.5 Å². The highest BCUT2D eigenvalue weighted by Crippen LogP contribution is 2.57. The van der Waals surface area contributed by atoms with Gasteiger partial charge < -0.3 is 23.5 Å². The molecule has 0 N–H and O–H groups in total. The SMILES string of the molecule is C[C@H]1[C@H]2C[C@@H]([C@H](C)Oc3nc(-c4onc5c4CCC[C@@]54CCCCC45OCCO5)nc4c3n(C)c(=O)n4[C@@H]3CCOC3)N(C)[C@@H]12. The van der Waals surface area contributed by atoms with E-state index < -0.39 is 5.79 Å². The Balaban J connectivity index is 1.17. The minimum Gasteiger partial charge on any atom is -0.471 e. The maximum atomic E-state index is 13.8. The molecule has 12 heteroatoms. The van der Waals surface area contributed by atoms with Gasteiger partial charge in [-0.1, -0.05) is 18.5 Å². The fourth-order valence-electron chi connectivity index (χ4n) is 9.95. The second-order valence-corrected chi connectivity index (χ2v) is 14.5. The highest BCUT2D eigenvalue weighted by atomic mass is 16.7. The molecule has 12 nitrogen and oxygen atoms in total. The number of likely N-dealkylation sites (N-methyl/N-ethyl adjacent to an activating group) is 1. The summed E-state index contributed by atoms with van der Waals surface area (Å²) < 4.78 is 34.9. The summed E-state index contributed by atoms with van der Waals surface area (Å²) in [6.45, 7) is 6.75. The van der Waals surface area contributed by atoms with Crippen molar-refractivity contribution in [3.63, 3.8) is 0 Å². The molecule has 2 saturated carbocycles. The van der Waals surface area contributed by atoms with E-state index in [1.807, 2.05) is 0 Å². The smallest absolute Gasteiger partial charge is 0.330 e. The first-order valence-corrected chi connectivity index (χ1v) is 17.1. The molecule has 0 radical (unpaired) electrons. The maximum Gasteiger partial charge on any atom is 0.330 e. The monoisotopic (exact) mass is 620 g/mol. The molecule has 5 fully saturated rings. The maximum absolute atomic E-state index is 13.8. The van der Waals surface area contributed by atoms with E-state index in [0.717, 1.165) is 80.9 Å². The van der Waals surface area contributed by atoms with Crippen molar-refractivity contribution < 1.29 is 23.5 Å². The number of hydrogen-bond donors (Lipinski definition) is 0.